The molecule has 0 radical (unpaired) electrons. The lowest BCUT2D eigenvalue weighted by Crippen LogP contribution is -2.33. The number of allylic oxidation sites excluding steroid dienone is 4. The Morgan fingerprint density at radius 1 is 0.600 bits per heavy atom. The molecule has 0 aliphatic carbocycles. The quantitative estimate of drug-likeness (QED) is 0.0101. The fourth-order valence-electron chi connectivity index (χ4n) is 9.79. The van der Waals surface area contributed by atoms with Gasteiger partial charge in [-0.05, 0) is 101 Å². The Bertz CT molecular complexity index is 2390. The smallest absolute Gasteiger partial charge is 0.472 e. The van der Waals surface area contributed by atoms with Crippen LogP contribution in [0.25, 0.3) is 0 Å². The average molecular weight is 1140 g/mol. The summed E-state index contributed by atoms with van der Waals surface area (Å²) in [5.41, 5.74) is -0.0443. The summed E-state index contributed by atoms with van der Waals surface area (Å²) in [4.78, 5) is 63.2. The van der Waals surface area contributed by atoms with Crippen molar-refractivity contribution in [2.75, 3.05) is 26.4 Å². The van der Waals surface area contributed by atoms with E-state index in [0.29, 0.717) is 29.5 Å². The third-order valence-corrected chi connectivity index (χ3v) is 15.1. The van der Waals surface area contributed by atoms with Gasteiger partial charge in [-0.1, -0.05) is 147 Å². The van der Waals surface area contributed by atoms with Crippen LogP contribution in [-0.2, 0) is 43.0 Å². The molecule has 0 saturated heterocycles. The number of carbonyl (C=O) groups excluding carboxylic acids is 4. The molecule has 2 atom stereocenters. The largest absolute Gasteiger partial charge is 0.508 e. The highest BCUT2D eigenvalue weighted by molar-refractivity contribution is 7.47. The second kappa shape index (κ2) is 38.2. The molecule has 3 aromatic rings. The summed E-state index contributed by atoms with van der Waals surface area (Å²) in [5.74, 6) is -2.09. The van der Waals surface area contributed by atoms with E-state index in [1.807, 2.05) is 0 Å². The summed E-state index contributed by atoms with van der Waals surface area (Å²) in [6, 6.07) is 13.3. The van der Waals surface area contributed by atoms with Gasteiger partial charge in [0.1, 0.15) is 29.6 Å². The molecule has 1 amide bonds. The number of hydrogen-bond donors (Lipinski definition) is 6. The third-order valence-electron chi connectivity index (χ3n) is 14.1. The molecule has 0 fully saturated rings. The van der Waals surface area contributed by atoms with Crippen LogP contribution in [-0.4, -0.2) is 71.4 Å². The number of phenolic OH excluding ortho intramolecular Hbond substituents is 2. The molecule has 10 N–H and O–H groups in total. The average Bonchev–Trinajstić information content (AvgIpc) is 3.96. The Hall–Kier alpha value is -5.55. The molecule has 17 nitrogen and oxygen atoms in total. The minimum absolute atomic E-state index is 0. The molecule has 0 bridgehead atoms. The number of unbranched alkanes of at least 4 members (excludes halogenated alkanes) is 22. The van der Waals surface area contributed by atoms with Crippen molar-refractivity contribution in [1.82, 2.24) is 17.6 Å². The first-order valence-electron chi connectivity index (χ1n) is 29.1. The van der Waals surface area contributed by atoms with Crippen molar-refractivity contribution in [2.24, 2.45) is 0 Å². The fourth-order valence-corrected chi connectivity index (χ4v) is 10.5. The minimum atomic E-state index is -4.76. The van der Waals surface area contributed by atoms with Crippen LogP contribution in [0.1, 0.15) is 231 Å². The highest BCUT2D eigenvalue weighted by Gasteiger charge is 2.54. The molecule has 2 aliphatic rings. The number of ether oxygens (including phenoxy) is 4. The van der Waals surface area contributed by atoms with Crippen molar-refractivity contribution >= 4 is 31.6 Å². The van der Waals surface area contributed by atoms with E-state index in [1.54, 1.807) is 18.2 Å². The molecule has 1 spiro atoms. The monoisotopic (exact) mass is 1140 g/mol. The van der Waals surface area contributed by atoms with Gasteiger partial charge in [-0.25, -0.2) is 9.36 Å². The second-order valence-electron chi connectivity index (χ2n) is 20.6. The molecule has 2 heterocycles. The number of carbonyl (C=O) groups is 4. The molecular formula is C62H94N3O14P. The van der Waals surface area contributed by atoms with Gasteiger partial charge in [0, 0.05) is 53.8 Å². The number of amides is 1. The van der Waals surface area contributed by atoms with Crippen molar-refractivity contribution in [1.29, 1.82) is 0 Å². The maximum absolute atomic E-state index is 13.5. The zero-order chi connectivity index (χ0) is 55.9. The number of aromatic hydroxyl groups is 2. The van der Waals surface area contributed by atoms with E-state index in [9.17, 15) is 38.8 Å². The standard InChI is InChI=1S/C62H88NO14P.2H3N/c1-3-5-7-9-11-13-15-17-19-21-23-25-27-29-31-33-58(66)72-46-51(75-59(67)34-32-30-28-26-24-22-20-18-16-14-12-10-8-6-4-2)47-74-78(70,71)73-42-41-63-60(68)48-35-38-53-52(43-48)61(69)77-62(53)54-39-36-49(64)44-56(54)76-57-45-50(65)37-40-55(57)62;;/h17-20,35-40,43-45,51,64-65H,3-16,21-34,41-42,46-47H2,1-2H3,(H,63,68)(H,70,71);2*1H3/b19-17-,20-18-;;/t51-;;/m1../s1. The lowest BCUT2D eigenvalue weighted by molar-refractivity contribution is -0.161. The number of phenols is 2. The predicted molar refractivity (Wildman–Crippen MR) is 312 cm³/mol. The molecule has 446 valence electrons. The summed E-state index contributed by atoms with van der Waals surface area (Å²) in [6.45, 7) is 2.83. The van der Waals surface area contributed by atoms with Gasteiger partial charge < -0.3 is 51.7 Å². The van der Waals surface area contributed by atoms with E-state index >= 15 is 0 Å². The van der Waals surface area contributed by atoms with Gasteiger partial charge in [-0.2, -0.15) is 0 Å². The highest BCUT2D eigenvalue weighted by atomic mass is 31.2. The van der Waals surface area contributed by atoms with Crippen LogP contribution >= 0.6 is 7.82 Å². The molecule has 80 heavy (non-hydrogen) atoms. The molecule has 1 unspecified atom stereocenters. The first kappa shape index (κ1) is 68.7. The van der Waals surface area contributed by atoms with Crippen molar-refractivity contribution in [3.8, 4) is 23.0 Å². The summed E-state index contributed by atoms with van der Waals surface area (Å²) in [6.07, 6.45) is 37.6. The molecule has 0 aromatic heterocycles. The van der Waals surface area contributed by atoms with E-state index in [0.717, 1.165) is 77.0 Å². The zero-order valence-corrected chi connectivity index (χ0v) is 48.8. The molecule has 5 rings (SSSR count). The molecule has 0 saturated carbocycles. The van der Waals surface area contributed by atoms with Gasteiger partial charge in [-0.15, -0.1) is 0 Å². The Morgan fingerprint density at radius 3 is 1.57 bits per heavy atom. The molecule has 18 heteroatoms. The van der Waals surface area contributed by atoms with Crippen molar-refractivity contribution < 1.29 is 66.8 Å². The van der Waals surface area contributed by atoms with Gasteiger partial charge in [0.25, 0.3) is 5.91 Å². The van der Waals surface area contributed by atoms with Gasteiger partial charge in [0.05, 0.1) is 18.8 Å². The Morgan fingerprint density at radius 2 is 1.06 bits per heavy atom. The number of esters is 3. The SMILES string of the molecule is CCCCCCCC/C=C\CCCCCCCC(=O)OC[C@H](COP(=O)(O)OCCNC(=O)c1ccc2c(c1)C(=O)OC21c2ccc(O)cc2Oc2cc(O)ccc21)OC(=O)CCCCCCC/C=C\CCCCCCCC.N.N. The third kappa shape index (κ3) is 23.5. The molecular weight excluding hydrogens is 1040 g/mol. The van der Waals surface area contributed by atoms with Crippen LogP contribution in [0.5, 0.6) is 23.0 Å². The van der Waals surface area contributed by atoms with Gasteiger partial charge in [0.2, 0.25) is 0 Å². The predicted octanol–water partition coefficient (Wildman–Crippen LogP) is 15.4. The first-order valence-corrected chi connectivity index (χ1v) is 30.6. The van der Waals surface area contributed by atoms with Crippen LogP contribution < -0.4 is 22.4 Å². The number of benzene rings is 3. The van der Waals surface area contributed by atoms with E-state index < -0.39 is 56.6 Å². The van der Waals surface area contributed by atoms with Gasteiger partial charge in [-0.3, -0.25) is 23.4 Å². The summed E-state index contributed by atoms with van der Waals surface area (Å²) >= 11 is 0. The lowest BCUT2D eigenvalue weighted by atomic mass is 9.77. The highest BCUT2D eigenvalue weighted by Crippen LogP contribution is 2.57. The van der Waals surface area contributed by atoms with Crippen LogP contribution in [0.2, 0.25) is 0 Å². The zero-order valence-electron chi connectivity index (χ0n) is 47.9. The first-order chi connectivity index (χ1) is 37.9. The van der Waals surface area contributed by atoms with Crippen LogP contribution in [0.3, 0.4) is 0 Å². The van der Waals surface area contributed by atoms with E-state index in [-0.39, 0.29) is 72.4 Å². The van der Waals surface area contributed by atoms with Crippen LogP contribution in [0.15, 0.2) is 78.9 Å². The van der Waals surface area contributed by atoms with Crippen molar-refractivity contribution in [3.63, 3.8) is 0 Å². The Balaban J connectivity index is 0.00000840. The van der Waals surface area contributed by atoms with E-state index in [4.69, 9.17) is 28.0 Å². The summed E-state index contributed by atoms with van der Waals surface area (Å²) in [5, 5.41) is 23.0. The van der Waals surface area contributed by atoms with E-state index in [1.165, 1.54) is 113 Å². The Kier molecular flexibility index (Phi) is 32.8. The van der Waals surface area contributed by atoms with Crippen molar-refractivity contribution in [2.45, 2.75) is 205 Å². The maximum atomic E-state index is 13.5. The molecule has 3 aromatic carbocycles. The number of nitrogens with one attached hydrogen (secondary N) is 1. The van der Waals surface area contributed by atoms with Gasteiger partial charge in [0.15, 0.2) is 11.7 Å². The van der Waals surface area contributed by atoms with E-state index in [2.05, 4.69) is 43.5 Å². The van der Waals surface area contributed by atoms with Crippen LogP contribution in [0.4, 0.5) is 0 Å². The fraction of sp³-hybridized carbons (Fsp3) is 0.581. The number of hydrogen-bond acceptors (Lipinski definition) is 15. The number of rotatable bonds is 41. The molecule has 2 aliphatic heterocycles. The maximum Gasteiger partial charge on any atom is 0.472 e. The minimum Gasteiger partial charge on any atom is -0.508 e. The van der Waals surface area contributed by atoms with Gasteiger partial charge >= 0.3 is 25.7 Å². The lowest BCUT2D eigenvalue weighted by Gasteiger charge is -2.36. The topological polar surface area (TPSA) is 283 Å². The second-order valence-corrected chi connectivity index (χ2v) is 22.1. The summed E-state index contributed by atoms with van der Waals surface area (Å²) in [7, 11) is -4.76. The summed E-state index contributed by atoms with van der Waals surface area (Å²) < 4.78 is 46.6. The Labute approximate surface area is 475 Å². The van der Waals surface area contributed by atoms with Crippen LogP contribution in [0, 0.1) is 0 Å². The number of phosphoric acid groups is 1. The number of phosphoric ester groups is 1. The number of fused-ring (bicyclic) bond motifs is 6. The van der Waals surface area contributed by atoms with Crippen molar-refractivity contribution in [3.05, 3.63) is 107 Å². The normalized spacial score (nSPS) is 14.0.